The van der Waals surface area contributed by atoms with E-state index in [0.29, 0.717) is 5.82 Å². The van der Waals surface area contributed by atoms with Crippen LogP contribution in [0.2, 0.25) is 0 Å². The molecule has 0 atom stereocenters. The zero-order valence-electron chi connectivity index (χ0n) is 9.35. The average Bonchev–Trinajstić information content (AvgIpc) is 2.27. The summed E-state index contributed by atoms with van der Waals surface area (Å²) in [6.45, 7) is 1.86. The molecule has 3 nitrogen and oxygen atoms in total. The van der Waals surface area contributed by atoms with Crippen molar-refractivity contribution in [1.29, 1.82) is 0 Å². The van der Waals surface area contributed by atoms with Gasteiger partial charge in [-0.2, -0.15) is 0 Å². The van der Waals surface area contributed by atoms with Gasteiger partial charge in [0.05, 0.1) is 0 Å². The highest BCUT2D eigenvalue weighted by atomic mass is 14.9. The summed E-state index contributed by atoms with van der Waals surface area (Å²) in [5, 5.41) is 0. The molecule has 2 N–H and O–H groups in total. The summed E-state index contributed by atoms with van der Waals surface area (Å²) in [4.78, 5) is 8.41. The topological polar surface area (TPSA) is 51.8 Å². The van der Waals surface area contributed by atoms with Gasteiger partial charge in [-0.3, -0.25) is 0 Å². The number of nitrogen functional groups attached to an aromatic ring is 1. The highest BCUT2D eigenvalue weighted by Crippen LogP contribution is 2.07. The van der Waals surface area contributed by atoms with Crippen molar-refractivity contribution in [3.05, 3.63) is 53.5 Å². The molecule has 82 valence electrons. The lowest BCUT2D eigenvalue weighted by Crippen LogP contribution is -2.01. The van der Waals surface area contributed by atoms with Gasteiger partial charge in [0, 0.05) is 11.8 Å². The van der Waals surface area contributed by atoms with Gasteiger partial charge in [-0.25, -0.2) is 9.97 Å². The van der Waals surface area contributed by atoms with Crippen LogP contribution in [0, 0.1) is 6.92 Å². The molecule has 0 aliphatic heterocycles. The summed E-state index contributed by atoms with van der Waals surface area (Å²) in [5.41, 5.74) is 8.00. The van der Waals surface area contributed by atoms with E-state index in [0.717, 1.165) is 24.4 Å². The van der Waals surface area contributed by atoms with Gasteiger partial charge < -0.3 is 5.73 Å². The van der Waals surface area contributed by atoms with Gasteiger partial charge in [0.1, 0.15) is 11.6 Å². The minimum atomic E-state index is 0.551. The Balaban J connectivity index is 2.05. The molecule has 1 heterocycles. The number of aromatic nitrogens is 2. The predicted octanol–water partition coefficient (Wildman–Crippen LogP) is 2.15. The van der Waals surface area contributed by atoms with E-state index < -0.39 is 0 Å². The number of anilines is 1. The Bertz CT molecular complexity index is 446. The van der Waals surface area contributed by atoms with Crippen LogP contribution >= 0.6 is 0 Å². The summed E-state index contributed by atoms with van der Waals surface area (Å²) in [5.74, 6) is 1.29. The van der Waals surface area contributed by atoms with Crippen LogP contribution in [0.5, 0.6) is 0 Å². The lowest BCUT2D eigenvalue weighted by molar-refractivity contribution is 0.883. The van der Waals surface area contributed by atoms with E-state index in [1.54, 1.807) is 0 Å². The molecule has 3 heteroatoms. The number of benzene rings is 1. The van der Waals surface area contributed by atoms with Gasteiger partial charge in [0.25, 0.3) is 0 Å². The number of hydrogen-bond acceptors (Lipinski definition) is 3. The fourth-order valence-electron chi connectivity index (χ4n) is 1.70. The molecule has 0 aliphatic rings. The Morgan fingerprint density at radius 3 is 2.50 bits per heavy atom. The molecule has 16 heavy (non-hydrogen) atoms. The second-order valence-corrected chi connectivity index (χ2v) is 3.82. The molecule has 0 saturated carbocycles. The first-order valence-electron chi connectivity index (χ1n) is 5.38. The molecule has 0 unspecified atom stereocenters. The maximum absolute atomic E-state index is 5.68. The number of aryl methyl sites for hydroxylation is 3. The van der Waals surface area contributed by atoms with Crippen LogP contribution in [0.15, 0.2) is 36.4 Å². The third-order valence-corrected chi connectivity index (χ3v) is 2.42. The molecular weight excluding hydrogens is 198 g/mol. The van der Waals surface area contributed by atoms with Crippen molar-refractivity contribution in [2.75, 3.05) is 5.73 Å². The molecule has 2 rings (SSSR count). The lowest BCUT2D eigenvalue weighted by Gasteiger charge is -2.03. The Morgan fingerprint density at radius 2 is 1.81 bits per heavy atom. The largest absolute Gasteiger partial charge is 0.384 e. The fraction of sp³-hybridized carbons (Fsp3) is 0.231. The van der Waals surface area contributed by atoms with Crippen LogP contribution in [-0.2, 0) is 12.8 Å². The van der Waals surface area contributed by atoms with E-state index in [1.165, 1.54) is 5.56 Å². The highest BCUT2D eigenvalue weighted by Gasteiger charge is 2.00. The molecule has 0 amide bonds. The molecule has 1 aromatic carbocycles. The average molecular weight is 213 g/mol. The Hall–Kier alpha value is -1.90. The molecule has 0 saturated heterocycles. The number of hydrogen-bond donors (Lipinski definition) is 1. The SMILES string of the molecule is Cc1nc(N)cc(CCc2ccccc2)n1. The van der Waals surface area contributed by atoms with E-state index in [2.05, 4.69) is 34.2 Å². The smallest absolute Gasteiger partial charge is 0.127 e. The normalized spacial score (nSPS) is 10.3. The van der Waals surface area contributed by atoms with E-state index in [4.69, 9.17) is 5.73 Å². The first kappa shape index (κ1) is 10.6. The summed E-state index contributed by atoms with van der Waals surface area (Å²) in [6, 6.07) is 12.2. The number of nitrogens with zero attached hydrogens (tertiary/aromatic N) is 2. The lowest BCUT2D eigenvalue weighted by atomic mass is 10.1. The third kappa shape index (κ3) is 2.79. The van der Waals surface area contributed by atoms with E-state index in [-0.39, 0.29) is 0 Å². The monoisotopic (exact) mass is 213 g/mol. The van der Waals surface area contributed by atoms with Gasteiger partial charge in [-0.15, -0.1) is 0 Å². The van der Waals surface area contributed by atoms with Crippen molar-refractivity contribution in [3.63, 3.8) is 0 Å². The molecule has 2 aromatic rings. The van der Waals surface area contributed by atoms with Gasteiger partial charge in [0.2, 0.25) is 0 Å². The minimum Gasteiger partial charge on any atom is -0.384 e. The summed E-state index contributed by atoms with van der Waals surface area (Å²) in [6.07, 6.45) is 1.88. The minimum absolute atomic E-state index is 0.551. The molecule has 0 aliphatic carbocycles. The second-order valence-electron chi connectivity index (χ2n) is 3.82. The van der Waals surface area contributed by atoms with Crippen molar-refractivity contribution in [2.45, 2.75) is 19.8 Å². The maximum Gasteiger partial charge on any atom is 0.127 e. The van der Waals surface area contributed by atoms with E-state index in [9.17, 15) is 0 Å². The first-order chi connectivity index (χ1) is 7.74. The number of nitrogens with two attached hydrogens (primary N) is 1. The molecule has 0 bridgehead atoms. The number of rotatable bonds is 3. The summed E-state index contributed by atoms with van der Waals surface area (Å²) >= 11 is 0. The molecule has 0 fully saturated rings. The van der Waals surface area contributed by atoms with Crippen molar-refractivity contribution in [3.8, 4) is 0 Å². The fourth-order valence-corrected chi connectivity index (χ4v) is 1.70. The Labute approximate surface area is 95.4 Å². The Morgan fingerprint density at radius 1 is 1.06 bits per heavy atom. The van der Waals surface area contributed by atoms with Gasteiger partial charge in [-0.05, 0) is 25.3 Å². The van der Waals surface area contributed by atoms with Crippen LogP contribution in [-0.4, -0.2) is 9.97 Å². The van der Waals surface area contributed by atoms with Gasteiger partial charge in [0.15, 0.2) is 0 Å². The van der Waals surface area contributed by atoms with Crippen LogP contribution < -0.4 is 5.73 Å². The Kier molecular flexibility index (Phi) is 3.15. The zero-order valence-corrected chi connectivity index (χ0v) is 9.35. The van der Waals surface area contributed by atoms with Crippen molar-refractivity contribution in [2.24, 2.45) is 0 Å². The molecule has 0 radical (unpaired) electrons. The predicted molar refractivity (Wildman–Crippen MR) is 65.0 cm³/mol. The standard InChI is InChI=1S/C13H15N3/c1-10-15-12(9-13(14)16-10)8-7-11-5-3-2-4-6-11/h2-6,9H,7-8H2,1H3,(H2,14,15,16). The summed E-state index contributed by atoms with van der Waals surface area (Å²) in [7, 11) is 0. The van der Waals surface area contributed by atoms with E-state index in [1.807, 2.05) is 19.1 Å². The van der Waals surface area contributed by atoms with Crippen LogP contribution in [0.1, 0.15) is 17.1 Å². The zero-order chi connectivity index (χ0) is 11.4. The van der Waals surface area contributed by atoms with Gasteiger partial charge in [-0.1, -0.05) is 30.3 Å². The second kappa shape index (κ2) is 4.75. The quantitative estimate of drug-likeness (QED) is 0.850. The molecule has 1 aromatic heterocycles. The highest BCUT2D eigenvalue weighted by molar-refractivity contribution is 5.30. The van der Waals surface area contributed by atoms with E-state index >= 15 is 0 Å². The van der Waals surface area contributed by atoms with Crippen LogP contribution in [0.4, 0.5) is 5.82 Å². The molecule has 0 spiro atoms. The van der Waals surface area contributed by atoms with Crippen molar-refractivity contribution >= 4 is 5.82 Å². The van der Waals surface area contributed by atoms with Crippen molar-refractivity contribution in [1.82, 2.24) is 9.97 Å². The molecular formula is C13H15N3. The third-order valence-electron chi connectivity index (χ3n) is 2.42. The van der Waals surface area contributed by atoms with Crippen LogP contribution in [0.25, 0.3) is 0 Å². The van der Waals surface area contributed by atoms with Gasteiger partial charge >= 0.3 is 0 Å². The maximum atomic E-state index is 5.68. The first-order valence-corrected chi connectivity index (χ1v) is 5.38. The van der Waals surface area contributed by atoms with Crippen molar-refractivity contribution < 1.29 is 0 Å². The summed E-state index contributed by atoms with van der Waals surface area (Å²) < 4.78 is 0. The van der Waals surface area contributed by atoms with Crippen LogP contribution in [0.3, 0.4) is 0 Å².